The minimum absolute atomic E-state index is 0.0465. The quantitative estimate of drug-likeness (QED) is 0.925. The molecule has 1 aromatic heterocycles. The van der Waals surface area contributed by atoms with Crippen molar-refractivity contribution in [3.8, 4) is 0 Å². The summed E-state index contributed by atoms with van der Waals surface area (Å²) in [6, 6.07) is 9.96. The van der Waals surface area contributed by atoms with Crippen LogP contribution in [-0.4, -0.2) is 32.6 Å². The van der Waals surface area contributed by atoms with E-state index in [1.807, 2.05) is 37.4 Å². The third-order valence-electron chi connectivity index (χ3n) is 4.24. The van der Waals surface area contributed by atoms with Crippen molar-refractivity contribution in [1.29, 1.82) is 0 Å². The van der Waals surface area contributed by atoms with Gasteiger partial charge >= 0.3 is 5.69 Å². The average molecular weight is 300 g/mol. The Balaban J connectivity index is 1.64. The van der Waals surface area contributed by atoms with Gasteiger partial charge in [0.15, 0.2) is 0 Å². The summed E-state index contributed by atoms with van der Waals surface area (Å²) in [4.78, 5) is 26.0. The van der Waals surface area contributed by atoms with Crippen molar-refractivity contribution in [1.82, 2.24) is 19.7 Å². The first-order valence-electron chi connectivity index (χ1n) is 7.58. The maximum atomic E-state index is 12.6. The molecule has 0 saturated heterocycles. The van der Waals surface area contributed by atoms with Crippen LogP contribution < -0.4 is 5.69 Å². The number of H-pyrrole nitrogens is 1. The van der Waals surface area contributed by atoms with Crippen molar-refractivity contribution in [2.75, 3.05) is 7.05 Å². The number of hydrogen-bond acceptors (Lipinski definition) is 3. The molecule has 2 heterocycles. The average Bonchev–Trinajstić information content (AvgIpc) is 2.76. The normalized spacial score (nSPS) is 17.6. The van der Waals surface area contributed by atoms with Crippen LogP contribution in [-0.2, 0) is 24.3 Å². The van der Waals surface area contributed by atoms with E-state index >= 15 is 0 Å². The lowest BCUT2D eigenvalue weighted by Gasteiger charge is -2.22. The molecule has 22 heavy (non-hydrogen) atoms. The number of fused-ring (bicyclic) bond motifs is 1. The van der Waals surface area contributed by atoms with Crippen LogP contribution in [0.15, 0.2) is 35.1 Å². The predicted molar refractivity (Wildman–Crippen MR) is 82.2 cm³/mol. The molecule has 1 amide bonds. The molecule has 3 rings (SSSR count). The number of aromatic amines is 1. The van der Waals surface area contributed by atoms with Crippen LogP contribution in [0.5, 0.6) is 0 Å². The second-order valence-corrected chi connectivity index (χ2v) is 5.80. The summed E-state index contributed by atoms with van der Waals surface area (Å²) in [5, 5.41) is 6.49. The van der Waals surface area contributed by atoms with E-state index in [1.54, 1.807) is 9.47 Å². The minimum atomic E-state index is -0.180. The smallest absolute Gasteiger partial charge is 0.341 e. The molecule has 0 fully saturated rings. The van der Waals surface area contributed by atoms with Gasteiger partial charge in [-0.05, 0) is 18.4 Å². The highest BCUT2D eigenvalue weighted by Gasteiger charge is 2.26. The molecule has 6 heteroatoms. The molecular weight excluding hydrogens is 280 g/mol. The molecule has 1 unspecified atom stereocenters. The molecule has 6 nitrogen and oxygen atoms in total. The fraction of sp³-hybridized carbons (Fsp3) is 0.438. The van der Waals surface area contributed by atoms with E-state index in [0.717, 1.165) is 17.8 Å². The van der Waals surface area contributed by atoms with Gasteiger partial charge in [0, 0.05) is 32.5 Å². The predicted octanol–water partition coefficient (Wildman–Crippen LogP) is 1.18. The van der Waals surface area contributed by atoms with Gasteiger partial charge in [-0.15, -0.1) is 0 Å². The Kier molecular flexibility index (Phi) is 4.09. The van der Waals surface area contributed by atoms with E-state index in [9.17, 15) is 9.59 Å². The van der Waals surface area contributed by atoms with Gasteiger partial charge in [-0.25, -0.2) is 9.89 Å². The van der Waals surface area contributed by atoms with Crippen molar-refractivity contribution in [3.63, 3.8) is 0 Å². The number of carbonyl (C=O) groups is 1. The van der Waals surface area contributed by atoms with Gasteiger partial charge in [-0.2, -0.15) is 5.10 Å². The van der Waals surface area contributed by atoms with Crippen LogP contribution in [0.4, 0.5) is 0 Å². The number of rotatable bonds is 3. The summed E-state index contributed by atoms with van der Waals surface area (Å²) in [5.74, 6) is 0.854. The number of carbonyl (C=O) groups excluding carboxylic acids is 1. The fourth-order valence-corrected chi connectivity index (χ4v) is 3.00. The Labute approximate surface area is 128 Å². The third kappa shape index (κ3) is 2.95. The molecule has 0 bridgehead atoms. The number of nitrogens with zero attached hydrogens (tertiary/aromatic N) is 3. The van der Waals surface area contributed by atoms with Crippen molar-refractivity contribution in [2.24, 2.45) is 5.92 Å². The van der Waals surface area contributed by atoms with E-state index in [1.165, 1.54) is 0 Å². The van der Waals surface area contributed by atoms with Crippen LogP contribution in [0.25, 0.3) is 0 Å². The minimum Gasteiger partial charge on any atom is -0.341 e. The maximum Gasteiger partial charge on any atom is 0.343 e. The standard InChI is InChI=1S/C16H20N4O2/c1-19(11-12-5-3-2-4-6-12)15(21)13-7-8-14-17-18-16(22)20(14)10-9-13/h2-6,13H,7-11H2,1H3,(H,18,22). The fourth-order valence-electron chi connectivity index (χ4n) is 3.00. The number of hydrogen-bond donors (Lipinski definition) is 1. The lowest BCUT2D eigenvalue weighted by Crippen LogP contribution is -2.33. The molecule has 116 valence electrons. The zero-order valence-electron chi connectivity index (χ0n) is 12.7. The molecule has 1 atom stereocenters. The lowest BCUT2D eigenvalue weighted by molar-refractivity contribution is -0.135. The van der Waals surface area contributed by atoms with Gasteiger partial charge in [0.05, 0.1) is 0 Å². The highest BCUT2D eigenvalue weighted by atomic mass is 16.2. The second kappa shape index (κ2) is 6.17. The lowest BCUT2D eigenvalue weighted by atomic mass is 9.98. The van der Waals surface area contributed by atoms with E-state index in [0.29, 0.717) is 25.9 Å². The van der Waals surface area contributed by atoms with Gasteiger partial charge < -0.3 is 4.90 Å². The summed E-state index contributed by atoms with van der Waals surface area (Å²) in [6.07, 6.45) is 2.08. The van der Waals surface area contributed by atoms with Gasteiger partial charge in [0.2, 0.25) is 5.91 Å². The maximum absolute atomic E-state index is 12.6. The zero-order chi connectivity index (χ0) is 15.5. The molecule has 0 saturated carbocycles. The van der Waals surface area contributed by atoms with Gasteiger partial charge in [0.1, 0.15) is 5.82 Å². The first-order valence-corrected chi connectivity index (χ1v) is 7.58. The molecule has 1 aliphatic heterocycles. The van der Waals surface area contributed by atoms with E-state index < -0.39 is 0 Å². The largest absolute Gasteiger partial charge is 0.343 e. The number of aryl methyl sites for hydroxylation is 1. The number of aromatic nitrogens is 3. The molecule has 0 radical (unpaired) electrons. The second-order valence-electron chi connectivity index (χ2n) is 5.80. The molecular formula is C16H20N4O2. The Bertz CT molecular complexity index is 704. The van der Waals surface area contributed by atoms with E-state index in [4.69, 9.17) is 0 Å². The van der Waals surface area contributed by atoms with Crippen LogP contribution in [0.2, 0.25) is 0 Å². The topological polar surface area (TPSA) is 71.0 Å². The highest BCUT2D eigenvalue weighted by molar-refractivity contribution is 5.78. The summed E-state index contributed by atoms with van der Waals surface area (Å²) in [5.41, 5.74) is 0.942. The van der Waals surface area contributed by atoms with Crippen LogP contribution in [0.1, 0.15) is 24.2 Å². The van der Waals surface area contributed by atoms with Crippen molar-refractivity contribution in [3.05, 3.63) is 52.2 Å². The zero-order valence-corrected chi connectivity index (χ0v) is 12.7. The Morgan fingerprint density at radius 3 is 2.91 bits per heavy atom. The monoisotopic (exact) mass is 300 g/mol. The summed E-state index contributed by atoms with van der Waals surface area (Å²) in [6.45, 7) is 1.17. The first-order chi connectivity index (χ1) is 10.6. The SMILES string of the molecule is CN(Cc1ccccc1)C(=O)C1CCc2n[nH]c(=O)n2CC1. The van der Waals surface area contributed by atoms with E-state index in [-0.39, 0.29) is 17.5 Å². The number of benzene rings is 1. The molecule has 2 aromatic rings. The Hall–Kier alpha value is -2.37. The van der Waals surface area contributed by atoms with Crippen molar-refractivity contribution in [2.45, 2.75) is 32.4 Å². The van der Waals surface area contributed by atoms with Crippen LogP contribution in [0.3, 0.4) is 0 Å². The van der Waals surface area contributed by atoms with Crippen LogP contribution in [0, 0.1) is 5.92 Å². The number of amides is 1. The third-order valence-corrected chi connectivity index (χ3v) is 4.24. The Morgan fingerprint density at radius 2 is 2.14 bits per heavy atom. The highest BCUT2D eigenvalue weighted by Crippen LogP contribution is 2.20. The van der Waals surface area contributed by atoms with Crippen molar-refractivity contribution >= 4 is 5.91 Å². The molecule has 0 aliphatic carbocycles. The van der Waals surface area contributed by atoms with Gasteiger partial charge in [-0.3, -0.25) is 9.36 Å². The van der Waals surface area contributed by atoms with E-state index in [2.05, 4.69) is 10.2 Å². The number of nitrogens with one attached hydrogen (secondary N) is 1. The molecule has 0 spiro atoms. The summed E-state index contributed by atoms with van der Waals surface area (Å²) < 4.78 is 1.64. The van der Waals surface area contributed by atoms with Gasteiger partial charge in [0.25, 0.3) is 0 Å². The Morgan fingerprint density at radius 1 is 1.36 bits per heavy atom. The summed E-state index contributed by atoms with van der Waals surface area (Å²) >= 11 is 0. The van der Waals surface area contributed by atoms with Crippen molar-refractivity contribution < 1.29 is 4.79 Å². The van der Waals surface area contributed by atoms with Gasteiger partial charge in [-0.1, -0.05) is 30.3 Å². The summed E-state index contributed by atoms with van der Waals surface area (Å²) in [7, 11) is 1.84. The molecule has 1 aromatic carbocycles. The first kappa shape index (κ1) is 14.6. The molecule has 1 N–H and O–H groups in total. The molecule has 1 aliphatic rings. The van der Waals surface area contributed by atoms with Crippen LogP contribution >= 0.6 is 0 Å².